The van der Waals surface area contributed by atoms with Crippen molar-refractivity contribution < 1.29 is 19.1 Å². The molecule has 0 saturated heterocycles. The molecule has 1 atom stereocenters. The van der Waals surface area contributed by atoms with E-state index in [-0.39, 0.29) is 18.4 Å². The van der Waals surface area contributed by atoms with Gasteiger partial charge < -0.3 is 15.0 Å². The Kier molecular flexibility index (Phi) is 5.56. The van der Waals surface area contributed by atoms with Crippen LogP contribution in [-0.2, 0) is 35.4 Å². The van der Waals surface area contributed by atoms with E-state index in [1.54, 1.807) is 0 Å². The number of nitrogens with one attached hydrogen (secondary N) is 1. The van der Waals surface area contributed by atoms with Gasteiger partial charge in [-0.2, -0.15) is 0 Å². The molecule has 0 radical (unpaired) electrons. The quantitative estimate of drug-likeness (QED) is 0.807. The molecule has 0 unspecified atom stereocenters. The number of carbonyl (C=O) groups is 2. The number of benzene rings is 1. The molecule has 0 bridgehead atoms. The summed E-state index contributed by atoms with van der Waals surface area (Å²) in [5.41, 5.74) is 0.750. The molecule has 1 amide bonds. The molecule has 3 rings (SSSR count). The van der Waals surface area contributed by atoms with Gasteiger partial charge >= 0.3 is 5.97 Å². The second kappa shape index (κ2) is 7.86. The predicted octanol–water partition coefficient (Wildman–Crippen LogP) is 2.37. The lowest BCUT2D eigenvalue weighted by Gasteiger charge is -2.15. The van der Waals surface area contributed by atoms with Crippen LogP contribution in [0.5, 0.6) is 0 Å². The molecule has 0 saturated carbocycles. The van der Waals surface area contributed by atoms with E-state index in [2.05, 4.69) is 10.3 Å². The van der Waals surface area contributed by atoms with E-state index in [1.165, 1.54) is 18.2 Å². The van der Waals surface area contributed by atoms with Crippen LogP contribution < -0.4 is 5.32 Å². The average molecular weight is 380 g/mol. The number of halogens is 2. The molecule has 138 valence electrons. The first-order valence-electron chi connectivity index (χ1n) is 8.43. The lowest BCUT2D eigenvalue weighted by atomic mass is 10.1. The van der Waals surface area contributed by atoms with Crippen molar-refractivity contribution in [1.82, 2.24) is 14.9 Å². The first-order valence-corrected chi connectivity index (χ1v) is 8.81. The van der Waals surface area contributed by atoms with Crippen LogP contribution in [0, 0.1) is 5.82 Å². The van der Waals surface area contributed by atoms with Crippen LogP contribution in [-0.4, -0.2) is 32.6 Å². The van der Waals surface area contributed by atoms with Crippen molar-refractivity contribution in [3.63, 3.8) is 0 Å². The number of imidazole rings is 1. The fraction of sp³-hybridized carbons (Fsp3) is 0.389. The summed E-state index contributed by atoms with van der Waals surface area (Å²) in [6.45, 7) is 0.885. The molecule has 0 spiro atoms. The molecule has 0 aliphatic carbocycles. The number of carboxylic acid groups (broad SMARTS) is 1. The van der Waals surface area contributed by atoms with Gasteiger partial charge in [0.15, 0.2) is 0 Å². The summed E-state index contributed by atoms with van der Waals surface area (Å²) < 4.78 is 15.9. The van der Waals surface area contributed by atoms with Crippen molar-refractivity contribution in [2.45, 2.75) is 44.7 Å². The predicted molar refractivity (Wildman–Crippen MR) is 93.5 cm³/mol. The third kappa shape index (κ3) is 4.40. The van der Waals surface area contributed by atoms with Crippen molar-refractivity contribution in [1.29, 1.82) is 0 Å². The fourth-order valence-electron chi connectivity index (χ4n) is 3.09. The Bertz CT molecular complexity index is 814. The molecule has 2 N–H and O–H groups in total. The topological polar surface area (TPSA) is 84.2 Å². The first-order chi connectivity index (χ1) is 12.4. The fourth-order valence-corrected chi connectivity index (χ4v) is 3.28. The number of rotatable bonds is 6. The van der Waals surface area contributed by atoms with E-state index in [4.69, 9.17) is 11.6 Å². The number of hydrogen-bond donors (Lipinski definition) is 2. The van der Waals surface area contributed by atoms with Crippen LogP contribution in [0.25, 0.3) is 0 Å². The summed E-state index contributed by atoms with van der Waals surface area (Å²) in [7, 11) is 0. The van der Waals surface area contributed by atoms with Gasteiger partial charge in [0, 0.05) is 30.6 Å². The molecule has 1 aliphatic rings. The minimum Gasteiger partial charge on any atom is -0.480 e. The van der Waals surface area contributed by atoms with E-state index in [9.17, 15) is 19.1 Å². The van der Waals surface area contributed by atoms with Crippen LogP contribution in [0.15, 0.2) is 24.4 Å². The Balaban J connectivity index is 1.65. The van der Waals surface area contributed by atoms with Gasteiger partial charge in [-0.15, -0.1) is 0 Å². The zero-order chi connectivity index (χ0) is 18.7. The number of aromatic nitrogens is 2. The third-order valence-corrected chi connectivity index (χ3v) is 4.60. The molecule has 1 aromatic heterocycles. The molecule has 26 heavy (non-hydrogen) atoms. The Hall–Kier alpha value is -2.41. The van der Waals surface area contributed by atoms with Crippen molar-refractivity contribution in [2.75, 3.05) is 0 Å². The summed E-state index contributed by atoms with van der Waals surface area (Å²) in [5, 5.41) is 12.1. The van der Waals surface area contributed by atoms with E-state index in [0.29, 0.717) is 10.7 Å². The Labute approximate surface area is 155 Å². The molecule has 0 fully saturated rings. The van der Waals surface area contributed by atoms with Gasteiger partial charge in [0.1, 0.15) is 17.7 Å². The largest absolute Gasteiger partial charge is 0.480 e. The molecule has 1 aliphatic heterocycles. The number of amides is 1. The van der Waals surface area contributed by atoms with Crippen molar-refractivity contribution in [3.05, 3.63) is 52.3 Å². The van der Waals surface area contributed by atoms with E-state index in [1.807, 2.05) is 10.8 Å². The summed E-state index contributed by atoms with van der Waals surface area (Å²) in [5.74, 6) is -1.30. The minimum absolute atomic E-state index is 0.0121. The molecule has 2 heterocycles. The number of fused-ring (bicyclic) bond motifs is 1. The molecular formula is C18H19ClFN3O3. The van der Waals surface area contributed by atoms with Crippen LogP contribution in [0.1, 0.15) is 29.9 Å². The number of aryl methyl sites for hydroxylation is 2. The van der Waals surface area contributed by atoms with Crippen molar-refractivity contribution in [2.24, 2.45) is 0 Å². The number of carboxylic acids is 1. The van der Waals surface area contributed by atoms with Gasteiger partial charge in [-0.05, 0) is 36.6 Å². The summed E-state index contributed by atoms with van der Waals surface area (Å²) >= 11 is 5.83. The second-order valence-electron chi connectivity index (χ2n) is 6.37. The van der Waals surface area contributed by atoms with E-state index >= 15 is 0 Å². The first kappa shape index (κ1) is 18.4. The zero-order valence-corrected chi connectivity index (χ0v) is 14.8. The van der Waals surface area contributed by atoms with Gasteiger partial charge in [0.2, 0.25) is 5.91 Å². The smallest absolute Gasteiger partial charge is 0.326 e. The third-order valence-electron chi connectivity index (χ3n) is 4.37. The van der Waals surface area contributed by atoms with Crippen LogP contribution in [0.4, 0.5) is 4.39 Å². The average Bonchev–Trinajstić information content (AvgIpc) is 2.99. The molecule has 1 aromatic carbocycles. The minimum atomic E-state index is -1.24. The van der Waals surface area contributed by atoms with E-state index < -0.39 is 23.7 Å². The molecule has 6 nitrogen and oxygen atoms in total. The van der Waals surface area contributed by atoms with E-state index in [0.717, 1.165) is 31.6 Å². The highest BCUT2D eigenvalue weighted by Crippen LogP contribution is 2.17. The standard InChI is InChI=1S/C18H19ClFN3O3/c19-12-4-5-14(20)11(7-12)8-15(18(25)26)22-17(24)9-13-10-23-6-2-1-3-16(23)21-13/h4-5,7,10,15H,1-3,6,8-9H2,(H,22,24)(H,25,26)/t15-/m1/s1. The monoisotopic (exact) mass is 379 g/mol. The van der Waals surface area contributed by atoms with Gasteiger partial charge in [-0.1, -0.05) is 11.6 Å². The van der Waals surface area contributed by atoms with Crippen molar-refractivity contribution >= 4 is 23.5 Å². The number of aliphatic carboxylic acids is 1. The maximum atomic E-state index is 13.8. The van der Waals surface area contributed by atoms with Gasteiger partial charge in [0.05, 0.1) is 12.1 Å². The molecular weight excluding hydrogens is 361 g/mol. The lowest BCUT2D eigenvalue weighted by Crippen LogP contribution is -2.43. The lowest BCUT2D eigenvalue weighted by molar-refractivity contribution is -0.141. The highest BCUT2D eigenvalue weighted by Gasteiger charge is 2.23. The Morgan fingerprint density at radius 1 is 1.38 bits per heavy atom. The normalized spacial score (nSPS) is 14.5. The zero-order valence-electron chi connectivity index (χ0n) is 14.0. The molecule has 8 heteroatoms. The number of hydrogen-bond acceptors (Lipinski definition) is 3. The Morgan fingerprint density at radius 3 is 2.92 bits per heavy atom. The molecule has 2 aromatic rings. The number of carbonyl (C=O) groups excluding carboxylic acids is 1. The summed E-state index contributed by atoms with van der Waals surface area (Å²) in [6, 6.07) is 2.68. The summed E-state index contributed by atoms with van der Waals surface area (Å²) in [6.07, 6.45) is 4.68. The van der Waals surface area contributed by atoms with Gasteiger partial charge in [-0.3, -0.25) is 4.79 Å². The maximum Gasteiger partial charge on any atom is 0.326 e. The highest BCUT2D eigenvalue weighted by atomic mass is 35.5. The second-order valence-corrected chi connectivity index (χ2v) is 6.81. The van der Waals surface area contributed by atoms with Gasteiger partial charge in [-0.25, -0.2) is 14.2 Å². The highest BCUT2D eigenvalue weighted by molar-refractivity contribution is 6.30. The SMILES string of the molecule is O=C(Cc1cn2c(n1)CCCC2)N[C@H](Cc1cc(Cl)ccc1F)C(=O)O. The van der Waals surface area contributed by atoms with Crippen LogP contribution in [0.2, 0.25) is 5.02 Å². The maximum absolute atomic E-state index is 13.8. The van der Waals surface area contributed by atoms with Crippen LogP contribution in [0.3, 0.4) is 0 Å². The van der Waals surface area contributed by atoms with Gasteiger partial charge in [0.25, 0.3) is 0 Å². The Morgan fingerprint density at radius 2 is 2.19 bits per heavy atom. The van der Waals surface area contributed by atoms with Crippen LogP contribution >= 0.6 is 11.6 Å². The van der Waals surface area contributed by atoms with Crippen molar-refractivity contribution in [3.8, 4) is 0 Å². The summed E-state index contributed by atoms with van der Waals surface area (Å²) in [4.78, 5) is 28.1. The number of nitrogens with zero attached hydrogens (tertiary/aromatic N) is 2.